The number of ether oxygens (including phenoxy) is 1. The number of nitrogens with zero attached hydrogens (tertiary/aromatic N) is 2. The number of hydrogen-bond donors (Lipinski definition) is 1. The van der Waals surface area contributed by atoms with Gasteiger partial charge in [0.1, 0.15) is 6.54 Å². The Morgan fingerprint density at radius 2 is 1.76 bits per heavy atom. The average molecular weight is 416 g/mol. The van der Waals surface area contributed by atoms with Gasteiger partial charge in [0.05, 0.1) is 4.88 Å². The molecular formula is C21H25N3O4S. The summed E-state index contributed by atoms with van der Waals surface area (Å²) in [6.07, 6.45) is 0. The molecule has 1 N–H and O–H groups in total. The van der Waals surface area contributed by atoms with Gasteiger partial charge in [-0.2, -0.15) is 0 Å². The lowest BCUT2D eigenvalue weighted by Crippen LogP contribution is -2.49. The minimum absolute atomic E-state index is 0.210. The molecule has 1 saturated heterocycles. The first-order valence-electron chi connectivity index (χ1n) is 9.55. The highest BCUT2D eigenvalue weighted by Crippen LogP contribution is 2.14. The first kappa shape index (κ1) is 21.0. The molecule has 0 aliphatic carbocycles. The molecular weight excluding hydrogens is 390 g/mol. The third-order valence-corrected chi connectivity index (χ3v) is 5.69. The molecule has 2 amide bonds. The molecule has 1 aromatic carbocycles. The molecule has 0 radical (unpaired) electrons. The lowest BCUT2D eigenvalue weighted by molar-refractivity contribution is -0.151. The molecule has 1 aromatic heterocycles. The van der Waals surface area contributed by atoms with E-state index in [4.69, 9.17) is 4.74 Å². The Labute approximate surface area is 174 Å². The van der Waals surface area contributed by atoms with Gasteiger partial charge in [-0.05, 0) is 24.6 Å². The van der Waals surface area contributed by atoms with Crippen LogP contribution < -0.4 is 5.32 Å². The van der Waals surface area contributed by atoms with E-state index >= 15 is 0 Å². The van der Waals surface area contributed by atoms with Crippen LogP contribution in [0.2, 0.25) is 0 Å². The number of benzene rings is 1. The van der Waals surface area contributed by atoms with Crippen LogP contribution in [-0.4, -0.2) is 66.9 Å². The molecule has 2 heterocycles. The maximum atomic E-state index is 12.3. The van der Waals surface area contributed by atoms with E-state index in [1.807, 2.05) is 31.2 Å². The summed E-state index contributed by atoms with van der Waals surface area (Å²) < 4.78 is 5.02. The number of aryl methyl sites for hydroxylation is 1. The van der Waals surface area contributed by atoms with Crippen LogP contribution in [0.1, 0.15) is 20.1 Å². The zero-order chi connectivity index (χ0) is 20.6. The lowest BCUT2D eigenvalue weighted by Gasteiger charge is -2.34. The minimum atomic E-state index is -0.623. The molecule has 1 aliphatic rings. The monoisotopic (exact) mass is 415 g/mol. The Kier molecular flexibility index (Phi) is 7.37. The van der Waals surface area contributed by atoms with Crippen LogP contribution in [0.25, 0.3) is 0 Å². The number of esters is 1. The maximum Gasteiger partial charge on any atom is 0.325 e. The van der Waals surface area contributed by atoms with E-state index < -0.39 is 5.97 Å². The van der Waals surface area contributed by atoms with Gasteiger partial charge in [-0.3, -0.25) is 19.3 Å². The zero-order valence-corrected chi connectivity index (χ0v) is 17.2. The fourth-order valence-electron chi connectivity index (χ4n) is 3.08. The van der Waals surface area contributed by atoms with Gasteiger partial charge in [-0.1, -0.05) is 30.3 Å². The van der Waals surface area contributed by atoms with Crippen molar-refractivity contribution in [3.8, 4) is 0 Å². The summed E-state index contributed by atoms with van der Waals surface area (Å²) >= 11 is 1.36. The number of thiophene rings is 1. The average Bonchev–Trinajstić information content (AvgIpc) is 3.18. The first-order chi connectivity index (χ1) is 14.0. The smallest absolute Gasteiger partial charge is 0.325 e. The zero-order valence-electron chi connectivity index (χ0n) is 16.4. The van der Waals surface area contributed by atoms with Crippen LogP contribution in [0.15, 0.2) is 42.5 Å². The molecule has 1 fully saturated rings. The standard InChI is InChI=1S/C21H25N3O4S/c1-16-7-8-18(29-16)21(27)22-13-20(26)28-15-19(25)24-11-9-23(10-12-24)14-17-5-3-2-4-6-17/h2-8H,9-15H2,1H3,(H,22,27). The van der Waals surface area contributed by atoms with Crippen LogP contribution >= 0.6 is 11.3 Å². The molecule has 154 valence electrons. The molecule has 7 nitrogen and oxygen atoms in total. The van der Waals surface area contributed by atoms with Crippen molar-refractivity contribution < 1.29 is 19.1 Å². The van der Waals surface area contributed by atoms with Gasteiger partial charge in [0.15, 0.2) is 6.61 Å². The van der Waals surface area contributed by atoms with E-state index in [1.54, 1.807) is 11.0 Å². The van der Waals surface area contributed by atoms with Gasteiger partial charge < -0.3 is 15.0 Å². The molecule has 0 bridgehead atoms. The van der Waals surface area contributed by atoms with Gasteiger partial charge in [0.25, 0.3) is 11.8 Å². The highest BCUT2D eigenvalue weighted by molar-refractivity contribution is 7.13. The number of hydrogen-bond acceptors (Lipinski definition) is 6. The van der Waals surface area contributed by atoms with E-state index in [0.29, 0.717) is 18.0 Å². The normalized spacial score (nSPS) is 14.4. The molecule has 0 saturated carbocycles. The predicted molar refractivity (Wildman–Crippen MR) is 111 cm³/mol. The summed E-state index contributed by atoms with van der Waals surface area (Å²) in [7, 11) is 0. The quantitative estimate of drug-likeness (QED) is 0.696. The summed E-state index contributed by atoms with van der Waals surface area (Å²) in [4.78, 5) is 41.6. The largest absolute Gasteiger partial charge is 0.454 e. The second-order valence-corrected chi connectivity index (χ2v) is 8.18. The summed E-state index contributed by atoms with van der Waals surface area (Å²) in [5, 5.41) is 2.51. The number of piperazine rings is 1. The van der Waals surface area contributed by atoms with E-state index in [1.165, 1.54) is 16.9 Å². The van der Waals surface area contributed by atoms with Crippen LogP contribution in [-0.2, 0) is 20.9 Å². The molecule has 0 unspecified atom stereocenters. The van der Waals surface area contributed by atoms with Gasteiger partial charge in [0.2, 0.25) is 0 Å². The molecule has 2 aromatic rings. The van der Waals surface area contributed by atoms with Crippen LogP contribution in [0.3, 0.4) is 0 Å². The second-order valence-electron chi connectivity index (χ2n) is 6.90. The summed E-state index contributed by atoms with van der Waals surface area (Å²) in [5.41, 5.74) is 1.25. The molecule has 3 rings (SSSR count). The van der Waals surface area contributed by atoms with Crippen molar-refractivity contribution in [3.05, 3.63) is 57.8 Å². The van der Waals surface area contributed by atoms with Gasteiger partial charge in [-0.25, -0.2) is 0 Å². The highest BCUT2D eigenvalue weighted by atomic mass is 32.1. The van der Waals surface area contributed by atoms with Gasteiger partial charge in [-0.15, -0.1) is 11.3 Å². The van der Waals surface area contributed by atoms with Gasteiger partial charge >= 0.3 is 5.97 Å². The first-order valence-corrected chi connectivity index (χ1v) is 10.4. The predicted octanol–water partition coefficient (Wildman–Crippen LogP) is 1.67. The fraction of sp³-hybridized carbons (Fsp3) is 0.381. The Bertz CT molecular complexity index is 845. The Hall–Kier alpha value is -2.71. The Morgan fingerprint density at radius 3 is 2.41 bits per heavy atom. The minimum Gasteiger partial charge on any atom is -0.454 e. The molecule has 1 aliphatic heterocycles. The van der Waals surface area contributed by atoms with Crippen molar-refractivity contribution in [1.82, 2.24) is 15.1 Å². The van der Waals surface area contributed by atoms with Crippen LogP contribution in [0.5, 0.6) is 0 Å². The summed E-state index contributed by atoms with van der Waals surface area (Å²) in [6, 6.07) is 13.8. The van der Waals surface area contributed by atoms with E-state index in [9.17, 15) is 14.4 Å². The van der Waals surface area contributed by atoms with Gasteiger partial charge in [0, 0.05) is 37.6 Å². The van der Waals surface area contributed by atoms with Crippen LogP contribution in [0.4, 0.5) is 0 Å². The van der Waals surface area contributed by atoms with E-state index in [2.05, 4.69) is 22.3 Å². The number of carbonyl (C=O) groups excluding carboxylic acids is 3. The Morgan fingerprint density at radius 1 is 1.03 bits per heavy atom. The van der Waals surface area contributed by atoms with E-state index in [0.717, 1.165) is 24.5 Å². The number of rotatable bonds is 7. The third kappa shape index (κ3) is 6.40. The van der Waals surface area contributed by atoms with Crippen molar-refractivity contribution in [1.29, 1.82) is 0 Å². The van der Waals surface area contributed by atoms with Crippen LogP contribution in [0, 0.1) is 6.92 Å². The highest BCUT2D eigenvalue weighted by Gasteiger charge is 2.22. The van der Waals surface area contributed by atoms with Crippen molar-refractivity contribution in [2.75, 3.05) is 39.3 Å². The maximum absolute atomic E-state index is 12.3. The Balaban J connectivity index is 1.33. The molecule has 0 atom stereocenters. The summed E-state index contributed by atoms with van der Waals surface area (Å²) in [6.45, 7) is 4.99. The van der Waals surface area contributed by atoms with Crippen molar-refractivity contribution in [3.63, 3.8) is 0 Å². The fourth-order valence-corrected chi connectivity index (χ4v) is 3.86. The molecule has 8 heteroatoms. The lowest BCUT2D eigenvalue weighted by atomic mass is 10.2. The number of amides is 2. The van der Waals surface area contributed by atoms with E-state index in [-0.39, 0.29) is 25.0 Å². The van der Waals surface area contributed by atoms with Crippen molar-refractivity contribution >= 4 is 29.1 Å². The number of carbonyl (C=O) groups is 3. The van der Waals surface area contributed by atoms with Crippen molar-refractivity contribution in [2.45, 2.75) is 13.5 Å². The SMILES string of the molecule is Cc1ccc(C(=O)NCC(=O)OCC(=O)N2CCN(Cc3ccccc3)CC2)s1. The molecule has 29 heavy (non-hydrogen) atoms. The number of nitrogens with one attached hydrogen (secondary N) is 1. The third-order valence-electron chi connectivity index (χ3n) is 4.69. The van der Waals surface area contributed by atoms with Crippen molar-refractivity contribution in [2.24, 2.45) is 0 Å². The second kappa shape index (κ2) is 10.2. The topological polar surface area (TPSA) is 78.9 Å². The summed E-state index contributed by atoms with van der Waals surface area (Å²) in [5.74, 6) is -1.15. The molecule has 0 spiro atoms.